The third kappa shape index (κ3) is 4.06. The molecule has 0 fully saturated rings. The van der Waals surface area contributed by atoms with E-state index < -0.39 is 11.6 Å². The molecule has 1 unspecified atom stereocenters. The van der Waals surface area contributed by atoms with Crippen LogP contribution in [0, 0.1) is 17.0 Å². The Balaban J connectivity index is 2.53. The van der Waals surface area contributed by atoms with Crippen LogP contribution in [0.15, 0.2) is 18.2 Å². The lowest BCUT2D eigenvalue weighted by Crippen LogP contribution is -2.34. The smallest absolute Gasteiger partial charge is 0.127 e. The molecule has 0 aliphatic heterocycles. The number of benzene rings is 1. The van der Waals surface area contributed by atoms with Crippen molar-refractivity contribution in [3.63, 3.8) is 0 Å². The summed E-state index contributed by atoms with van der Waals surface area (Å²) in [6.07, 6.45) is 0.822. The first kappa shape index (κ1) is 14.1. The standard InChI is InChI=1S/C13H19F2NO/c1-3-13(2,9-17)8-16-7-10-6-11(14)4-5-12(10)15/h4-6,16-17H,3,7-9H2,1-2H3. The Kier molecular flexibility index (Phi) is 5.02. The van der Waals surface area contributed by atoms with Crippen molar-refractivity contribution in [2.45, 2.75) is 26.8 Å². The van der Waals surface area contributed by atoms with E-state index >= 15 is 0 Å². The van der Waals surface area contributed by atoms with E-state index in [0.29, 0.717) is 12.1 Å². The molecule has 0 saturated carbocycles. The Labute approximate surface area is 101 Å². The molecule has 1 aromatic rings. The first-order valence-corrected chi connectivity index (χ1v) is 5.76. The highest BCUT2D eigenvalue weighted by Crippen LogP contribution is 2.18. The number of nitrogens with one attached hydrogen (secondary N) is 1. The summed E-state index contributed by atoms with van der Waals surface area (Å²) in [5, 5.41) is 12.3. The molecule has 2 nitrogen and oxygen atoms in total. The van der Waals surface area contributed by atoms with Gasteiger partial charge in [-0.1, -0.05) is 13.8 Å². The molecule has 2 N–H and O–H groups in total. The largest absolute Gasteiger partial charge is 0.396 e. The maximum absolute atomic E-state index is 13.3. The monoisotopic (exact) mass is 243 g/mol. The van der Waals surface area contributed by atoms with Crippen molar-refractivity contribution in [2.24, 2.45) is 5.41 Å². The zero-order valence-electron chi connectivity index (χ0n) is 10.3. The third-order valence-corrected chi connectivity index (χ3v) is 3.11. The predicted molar refractivity (Wildman–Crippen MR) is 63.5 cm³/mol. The molecule has 0 amide bonds. The highest BCUT2D eigenvalue weighted by Gasteiger charge is 2.20. The number of aliphatic hydroxyl groups is 1. The number of halogens is 2. The van der Waals surface area contributed by atoms with Gasteiger partial charge in [0.05, 0.1) is 0 Å². The Bertz CT molecular complexity index is 364. The van der Waals surface area contributed by atoms with E-state index in [-0.39, 0.29) is 18.6 Å². The molecule has 1 rings (SSSR count). The first-order chi connectivity index (χ1) is 8.00. The van der Waals surface area contributed by atoms with Gasteiger partial charge < -0.3 is 10.4 Å². The summed E-state index contributed by atoms with van der Waals surface area (Å²) in [5.41, 5.74) is 0.0884. The average Bonchev–Trinajstić information content (AvgIpc) is 2.33. The van der Waals surface area contributed by atoms with Gasteiger partial charge in [0.1, 0.15) is 11.6 Å². The molecule has 0 aliphatic rings. The van der Waals surface area contributed by atoms with Crippen molar-refractivity contribution in [3.8, 4) is 0 Å². The van der Waals surface area contributed by atoms with Gasteiger partial charge in [0.2, 0.25) is 0 Å². The Morgan fingerprint density at radius 2 is 2.06 bits per heavy atom. The van der Waals surface area contributed by atoms with Crippen LogP contribution < -0.4 is 5.32 Å². The first-order valence-electron chi connectivity index (χ1n) is 5.76. The van der Waals surface area contributed by atoms with E-state index in [9.17, 15) is 13.9 Å². The zero-order valence-corrected chi connectivity index (χ0v) is 10.3. The maximum Gasteiger partial charge on any atom is 0.127 e. The summed E-state index contributed by atoms with van der Waals surface area (Å²) in [4.78, 5) is 0. The maximum atomic E-state index is 13.3. The van der Waals surface area contributed by atoms with Gasteiger partial charge in [0.25, 0.3) is 0 Å². The quantitative estimate of drug-likeness (QED) is 0.804. The molecule has 17 heavy (non-hydrogen) atoms. The van der Waals surface area contributed by atoms with Gasteiger partial charge in [-0.05, 0) is 24.6 Å². The highest BCUT2D eigenvalue weighted by molar-refractivity contribution is 5.18. The molecule has 1 atom stereocenters. The predicted octanol–water partition coefficient (Wildman–Crippen LogP) is 2.46. The molecule has 0 heterocycles. The van der Waals surface area contributed by atoms with Crippen LogP contribution in [-0.4, -0.2) is 18.3 Å². The van der Waals surface area contributed by atoms with Crippen LogP contribution >= 0.6 is 0 Å². The van der Waals surface area contributed by atoms with E-state index in [0.717, 1.165) is 18.6 Å². The van der Waals surface area contributed by atoms with Crippen molar-refractivity contribution in [1.29, 1.82) is 0 Å². The van der Waals surface area contributed by atoms with Crippen LogP contribution in [0.4, 0.5) is 8.78 Å². The van der Waals surface area contributed by atoms with Crippen molar-refractivity contribution < 1.29 is 13.9 Å². The summed E-state index contributed by atoms with van der Waals surface area (Å²) < 4.78 is 26.2. The Hall–Kier alpha value is -1.00. The summed E-state index contributed by atoms with van der Waals surface area (Å²) >= 11 is 0. The second-order valence-electron chi connectivity index (χ2n) is 4.66. The summed E-state index contributed by atoms with van der Waals surface area (Å²) in [6.45, 7) is 4.83. The molecular weight excluding hydrogens is 224 g/mol. The molecule has 0 aliphatic carbocycles. The zero-order chi connectivity index (χ0) is 12.9. The Morgan fingerprint density at radius 3 is 2.65 bits per heavy atom. The summed E-state index contributed by atoms with van der Waals surface area (Å²) in [6, 6.07) is 3.41. The van der Waals surface area contributed by atoms with E-state index in [4.69, 9.17) is 0 Å². The normalized spacial score (nSPS) is 14.6. The van der Waals surface area contributed by atoms with E-state index in [1.54, 1.807) is 0 Å². The lowest BCUT2D eigenvalue weighted by molar-refractivity contribution is 0.135. The van der Waals surface area contributed by atoms with E-state index in [2.05, 4.69) is 5.32 Å². The molecule has 4 heteroatoms. The van der Waals surface area contributed by atoms with Crippen molar-refractivity contribution in [3.05, 3.63) is 35.4 Å². The fraction of sp³-hybridized carbons (Fsp3) is 0.538. The van der Waals surface area contributed by atoms with Gasteiger partial charge in [-0.25, -0.2) is 8.78 Å². The molecule has 0 aromatic heterocycles. The summed E-state index contributed by atoms with van der Waals surface area (Å²) in [7, 11) is 0. The number of hydrogen-bond acceptors (Lipinski definition) is 2. The van der Waals surface area contributed by atoms with Crippen LogP contribution in [0.25, 0.3) is 0 Å². The van der Waals surface area contributed by atoms with Gasteiger partial charge >= 0.3 is 0 Å². The minimum Gasteiger partial charge on any atom is -0.396 e. The van der Waals surface area contributed by atoms with Gasteiger partial charge in [-0.15, -0.1) is 0 Å². The lowest BCUT2D eigenvalue weighted by atomic mass is 9.88. The second kappa shape index (κ2) is 6.07. The summed E-state index contributed by atoms with van der Waals surface area (Å²) in [5.74, 6) is -0.857. The SMILES string of the molecule is CCC(C)(CO)CNCc1cc(F)ccc1F. The highest BCUT2D eigenvalue weighted by atomic mass is 19.1. The molecular formula is C13H19F2NO. The number of rotatable bonds is 6. The number of aliphatic hydroxyl groups excluding tert-OH is 1. The minimum absolute atomic E-state index is 0.0716. The van der Waals surface area contributed by atoms with E-state index in [1.165, 1.54) is 6.07 Å². The molecule has 0 saturated heterocycles. The fourth-order valence-electron chi connectivity index (χ4n) is 1.47. The molecule has 1 aromatic carbocycles. The van der Waals surface area contributed by atoms with Crippen LogP contribution in [0.3, 0.4) is 0 Å². The fourth-order valence-corrected chi connectivity index (χ4v) is 1.47. The second-order valence-corrected chi connectivity index (χ2v) is 4.66. The van der Waals surface area contributed by atoms with Crippen LogP contribution in [0.2, 0.25) is 0 Å². The number of hydrogen-bond donors (Lipinski definition) is 2. The average molecular weight is 243 g/mol. The van der Waals surface area contributed by atoms with Gasteiger partial charge in [0.15, 0.2) is 0 Å². The van der Waals surface area contributed by atoms with Crippen molar-refractivity contribution in [1.82, 2.24) is 5.32 Å². The van der Waals surface area contributed by atoms with Crippen LogP contribution in [0.1, 0.15) is 25.8 Å². The van der Waals surface area contributed by atoms with Crippen molar-refractivity contribution >= 4 is 0 Å². The molecule has 96 valence electrons. The Morgan fingerprint density at radius 1 is 1.35 bits per heavy atom. The topological polar surface area (TPSA) is 32.3 Å². The van der Waals surface area contributed by atoms with E-state index in [1.807, 2.05) is 13.8 Å². The van der Waals surface area contributed by atoms with Gasteiger partial charge in [-0.3, -0.25) is 0 Å². The minimum atomic E-state index is -0.441. The van der Waals surface area contributed by atoms with Crippen molar-refractivity contribution in [2.75, 3.05) is 13.2 Å². The van der Waals surface area contributed by atoms with Crippen LogP contribution in [0.5, 0.6) is 0 Å². The third-order valence-electron chi connectivity index (χ3n) is 3.11. The van der Waals surface area contributed by atoms with Gasteiger partial charge in [0, 0.05) is 30.7 Å². The molecule has 0 radical (unpaired) electrons. The lowest BCUT2D eigenvalue weighted by Gasteiger charge is -2.25. The van der Waals surface area contributed by atoms with Gasteiger partial charge in [-0.2, -0.15) is 0 Å². The molecule has 0 spiro atoms. The molecule has 0 bridgehead atoms. The van der Waals surface area contributed by atoms with Crippen LogP contribution in [-0.2, 0) is 6.54 Å².